The molecule has 0 bridgehead atoms. The van der Waals surface area contributed by atoms with Gasteiger partial charge >= 0.3 is 5.97 Å². The van der Waals surface area contributed by atoms with E-state index < -0.39 is 29.4 Å². The standard InChI is InChI=1S/C52H59Cl2N11O7S/c1-28-30(3)73-49-44(28)46(32-9-11-33(53)12-10-32)57-37(47-60-58-31(4)65(47)49)22-41(66)56-24-42(67)55-19-21-64-29(2)38(59-61-64)26-72-40-14-13-36(54)34-15-20-63(48(69)35-8-6-7-16-51(35,5)50(70)71)39(45(34)40)25-62-27-52(17-18-52)23-43(62)68/h9-14,35,37,39H,6-8,15-27H2,1-5H3,(H,55,67)(H,56,66)(H,70,71)/t35-,37-,39+,51-/m0/s1. The molecule has 1 saturated heterocycles. The summed E-state index contributed by atoms with van der Waals surface area (Å²) >= 11 is 14.8. The number of rotatable bonds is 15. The maximum absolute atomic E-state index is 14.7. The number of carboxylic acid groups (broad SMARTS) is 1. The number of fused-ring (bicyclic) bond motifs is 4. The average molecular weight is 1050 g/mol. The first-order valence-corrected chi connectivity index (χ1v) is 26.6. The first-order chi connectivity index (χ1) is 34.9. The molecule has 2 aliphatic carbocycles. The molecule has 0 unspecified atom stereocenters. The van der Waals surface area contributed by atoms with Crippen molar-refractivity contribution >= 4 is 69.8 Å². The molecule has 1 spiro atoms. The van der Waals surface area contributed by atoms with E-state index in [0.29, 0.717) is 83.2 Å². The highest BCUT2D eigenvalue weighted by atomic mass is 35.5. The molecule has 2 saturated carbocycles. The van der Waals surface area contributed by atoms with Gasteiger partial charge in [0.15, 0.2) is 5.82 Å². The monoisotopic (exact) mass is 1050 g/mol. The third kappa shape index (κ3) is 9.63. The predicted octanol–water partition coefficient (Wildman–Crippen LogP) is 6.97. The Hall–Kier alpha value is -6.18. The van der Waals surface area contributed by atoms with Gasteiger partial charge in [-0.1, -0.05) is 53.4 Å². The minimum atomic E-state index is -1.20. The van der Waals surface area contributed by atoms with Gasteiger partial charge in [-0.15, -0.1) is 26.6 Å². The number of likely N-dealkylation sites (tertiary alicyclic amines) is 1. The Labute approximate surface area is 436 Å². The predicted molar refractivity (Wildman–Crippen MR) is 273 cm³/mol. The largest absolute Gasteiger partial charge is 0.487 e. The van der Waals surface area contributed by atoms with Gasteiger partial charge in [0.2, 0.25) is 23.6 Å². The van der Waals surface area contributed by atoms with Crippen LogP contribution in [0.25, 0.3) is 5.00 Å². The van der Waals surface area contributed by atoms with E-state index in [1.165, 1.54) is 0 Å². The van der Waals surface area contributed by atoms with Gasteiger partial charge in [0.25, 0.3) is 0 Å². The molecule has 21 heteroatoms. The van der Waals surface area contributed by atoms with Crippen LogP contribution in [-0.2, 0) is 43.5 Å². The minimum absolute atomic E-state index is 0.00154. The number of hydrogen-bond donors (Lipinski definition) is 3. The Balaban J connectivity index is 0.786. The van der Waals surface area contributed by atoms with Crippen molar-refractivity contribution in [2.24, 2.45) is 21.7 Å². The number of nitrogens with zero attached hydrogens (tertiary/aromatic N) is 9. The van der Waals surface area contributed by atoms with Gasteiger partial charge in [-0.2, -0.15) is 0 Å². The average Bonchev–Trinajstić information content (AvgIpc) is 3.55. The van der Waals surface area contributed by atoms with E-state index in [0.717, 1.165) is 63.5 Å². The molecule has 384 valence electrons. The van der Waals surface area contributed by atoms with Gasteiger partial charge in [0, 0.05) is 64.2 Å². The second kappa shape index (κ2) is 19.9. The lowest BCUT2D eigenvalue weighted by Crippen LogP contribution is -2.52. The molecule has 6 heterocycles. The van der Waals surface area contributed by atoms with Crippen molar-refractivity contribution in [3.05, 3.63) is 102 Å². The third-order valence-corrected chi connectivity index (χ3v) is 17.7. The number of ether oxygens (including phenoxy) is 1. The lowest BCUT2D eigenvalue weighted by molar-refractivity contribution is -0.162. The van der Waals surface area contributed by atoms with Crippen LogP contribution >= 0.6 is 34.5 Å². The molecule has 4 amide bonds. The number of thiophene rings is 1. The van der Waals surface area contributed by atoms with E-state index in [-0.39, 0.29) is 68.3 Å². The van der Waals surface area contributed by atoms with E-state index in [1.807, 2.05) is 47.6 Å². The van der Waals surface area contributed by atoms with Crippen molar-refractivity contribution in [3.63, 3.8) is 0 Å². The Morgan fingerprint density at radius 3 is 2.48 bits per heavy atom. The van der Waals surface area contributed by atoms with Gasteiger partial charge in [-0.25, -0.2) is 4.68 Å². The second-order valence-corrected chi connectivity index (χ2v) is 22.6. The molecule has 3 aromatic heterocycles. The maximum Gasteiger partial charge on any atom is 0.310 e. The number of nitrogens with one attached hydrogen (secondary N) is 2. The van der Waals surface area contributed by atoms with Gasteiger partial charge in [0.1, 0.15) is 34.9 Å². The molecule has 0 radical (unpaired) electrons. The van der Waals surface area contributed by atoms with Crippen LogP contribution in [0.15, 0.2) is 41.4 Å². The molecule has 5 aliphatic rings. The van der Waals surface area contributed by atoms with Gasteiger partial charge in [-0.3, -0.25) is 33.5 Å². The van der Waals surface area contributed by atoms with Crippen molar-refractivity contribution in [2.45, 2.75) is 118 Å². The summed E-state index contributed by atoms with van der Waals surface area (Å²) in [5, 5.41) is 35.6. The van der Waals surface area contributed by atoms with Crippen LogP contribution in [0.1, 0.15) is 126 Å². The molecule has 2 aromatic carbocycles. The van der Waals surface area contributed by atoms with Crippen molar-refractivity contribution in [3.8, 4) is 10.8 Å². The molecule has 73 heavy (non-hydrogen) atoms. The normalized spacial score (nSPS) is 21.8. The lowest BCUT2D eigenvalue weighted by atomic mass is 9.66. The van der Waals surface area contributed by atoms with Crippen molar-refractivity contribution in [1.29, 1.82) is 0 Å². The summed E-state index contributed by atoms with van der Waals surface area (Å²) in [6.45, 7) is 11.0. The number of carbonyl (C=O) groups is 5. The minimum Gasteiger partial charge on any atom is -0.487 e. The molecule has 3 fully saturated rings. The number of carbonyl (C=O) groups excluding carboxylic acids is 4. The molecular formula is C52H59Cl2N11O7S. The summed E-state index contributed by atoms with van der Waals surface area (Å²) in [6.07, 6.45) is 5.25. The summed E-state index contributed by atoms with van der Waals surface area (Å²) < 4.78 is 10.2. The lowest BCUT2D eigenvalue weighted by Gasteiger charge is -2.45. The number of benzene rings is 2. The van der Waals surface area contributed by atoms with Crippen LogP contribution in [0, 0.1) is 44.4 Å². The van der Waals surface area contributed by atoms with E-state index in [1.54, 1.807) is 40.0 Å². The van der Waals surface area contributed by atoms with Gasteiger partial charge in [-0.05, 0) is 108 Å². The number of aryl methyl sites for hydroxylation is 2. The topological polar surface area (TPSA) is 219 Å². The molecule has 3 N–H and O–H groups in total. The highest BCUT2D eigenvalue weighted by molar-refractivity contribution is 7.15. The zero-order valence-corrected chi connectivity index (χ0v) is 43.9. The van der Waals surface area contributed by atoms with E-state index >= 15 is 0 Å². The first-order valence-electron chi connectivity index (χ1n) is 25.0. The Kier molecular flexibility index (Phi) is 13.7. The number of aliphatic carboxylic acids is 1. The summed E-state index contributed by atoms with van der Waals surface area (Å²) in [5.74, 6) is -0.907. The second-order valence-electron chi connectivity index (χ2n) is 20.6. The molecule has 3 aliphatic heterocycles. The number of amides is 4. The Morgan fingerprint density at radius 1 is 0.959 bits per heavy atom. The van der Waals surface area contributed by atoms with E-state index in [2.05, 4.69) is 45.0 Å². The number of aliphatic imine (C=N–C) groups is 1. The first kappa shape index (κ1) is 50.4. The van der Waals surface area contributed by atoms with Crippen molar-refractivity contribution < 1.29 is 33.8 Å². The smallest absolute Gasteiger partial charge is 0.310 e. The van der Waals surface area contributed by atoms with Crippen molar-refractivity contribution in [1.82, 2.24) is 50.2 Å². The number of hydrogen-bond acceptors (Lipinski definition) is 12. The van der Waals surface area contributed by atoms with Crippen LogP contribution in [0.3, 0.4) is 0 Å². The van der Waals surface area contributed by atoms with Crippen LogP contribution in [-0.4, -0.2) is 113 Å². The van der Waals surface area contributed by atoms with Crippen LogP contribution in [0.5, 0.6) is 5.75 Å². The van der Waals surface area contributed by atoms with Gasteiger partial charge in [0.05, 0.1) is 48.3 Å². The Bertz CT molecular complexity index is 3070. The highest BCUT2D eigenvalue weighted by Crippen LogP contribution is 2.54. The highest BCUT2D eigenvalue weighted by Gasteiger charge is 2.54. The summed E-state index contributed by atoms with van der Waals surface area (Å²) in [4.78, 5) is 77.5. The SMILES string of the molecule is Cc1sc2c(c1C)C(c1ccc(Cl)cc1)=N[C@@H](CC(=O)NCC(=O)NCCn1nnc(COc3ccc(Cl)c4c3[C@@H](CN3CC5(CC5)CC3=O)N(C(=O)[C@@H]3CCCC[C@]3(C)C(=O)O)CC4)c1C)c1nnc(C)n1-2. The zero-order chi connectivity index (χ0) is 51.5. The fourth-order valence-electron chi connectivity index (χ4n) is 11.2. The summed E-state index contributed by atoms with van der Waals surface area (Å²) in [7, 11) is 0. The van der Waals surface area contributed by atoms with Crippen LogP contribution in [0.2, 0.25) is 10.0 Å². The number of carboxylic acids is 1. The summed E-state index contributed by atoms with van der Waals surface area (Å²) in [5.41, 5.74) is 5.23. The zero-order valence-electron chi connectivity index (χ0n) is 41.6. The molecule has 10 rings (SSSR count). The Morgan fingerprint density at radius 2 is 1.74 bits per heavy atom. The molecule has 18 nitrogen and oxygen atoms in total. The van der Waals surface area contributed by atoms with E-state index in [4.69, 9.17) is 32.9 Å². The molecule has 4 atom stereocenters. The number of aromatic nitrogens is 6. The van der Waals surface area contributed by atoms with Crippen molar-refractivity contribution in [2.75, 3.05) is 32.7 Å². The van der Waals surface area contributed by atoms with Gasteiger partial charge < -0.3 is 30.3 Å². The molecule has 5 aromatic rings. The van der Waals surface area contributed by atoms with E-state index in [9.17, 15) is 29.1 Å². The third-order valence-electron chi connectivity index (χ3n) is 15.9. The summed E-state index contributed by atoms with van der Waals surface area (Å²) in [6, 6.07) is 9.71. The van der Waals surface area contributed by atoms with Crippen LogP contribution in [0.4, 0.5) is 0 Å². The fraction of sp³-hybridized carbons (Fsp3) is 0.500. The quantitative estimate of drug-likeness (QED) is 0.0972. The van der Waals surface area contributed by atoms with Crippen LogP contribution < -0.4 is 15.4 Å². The number of halogens is 2. The maximum atomic E-state index is 14.7. The fourth-order valence-corrected chi connectivity index (χ4v) is 12.8. The molecular weight excluding hydrogens is 994 g/mol.